The van der Waals surface area contributed by atoms with Crippen LogP contribution in [0, 0.1) is 11.3 Å². The molecule has 0 aliphatic rings. The second-order valence-electron chi connectivity index (χ2n) is 4.56. The Labute approximate surface area is 129 Å². The molecule has 0 unspecified atom stereocenters. The fourth-order valence-corrected chi connectivity index (χ4v) is 2.03. The Morgan fingerprint density at radius 1 is 1.14 bits per heavy atom. The molecule has 0 aliphatic carbocycles. The molecular weight excluding hydrogens is 280 g/mol. The number of anilines is 1. The lowest BCUT2D eigenvalue weighted by atomic mass is 10.1. The van der Waals surface area contributed by atoms with Crippen LogP contribution in [0.2, 0.25) is 0 Å². The number of carbonyl (C=O) groups is 1. The Balaban J connectivity index is 2.18. The van der Waals surface area contributed by atoms with Crippen LogP contribution >= 0.6 is 0 Å². The third-order valence-corrected chi connectivity index (χ3v) is 3.11. The van der Waals surface area contributed by atoms with Crippen molar-refractivity contribution in [2.75, 3.05) is 19.5 Å². The molecule has 2 rings (SSSR count). The summed E-state index contributed by atoms with van der Waals surface area (Å²) in [5.41, 5.74) is 1.92. The van der Waals surface area contributed by atoms with Crippen LogP contribution in [0.15, 0.2) is 42.5 Å². The molecule has 0 aliphatic heterocycles. The average Bonchev–Trinajstić information content (AvgIpc) is 2.55. The molecule has 2 aromatic rings. The van der Waals surface area contributed by atoms with E-state index in [1.54, 1.807) is 43.5 Å². The standard InChI is InChI=1S/C17H16N2O3/c1-21-15-7-6-14(11-16(15)22-2)19-17(20)13-5-3-4-12(10-13)8-9-18/h3-7,10-11H,8H2,1-2H3,(H,19,20). The molecule has 0 saturated heterocycles. The summed E-state index contributed by atoms with van der Waals surface area (Å²) in [7, 11) is 3.09. The zero-order valence-corrected chi connectivity index (χ0v) is 12.4. The SMILES string of the molecule is COc1ccc(NC(=O)c2cccc(CC#N)c2)cc1OC. The highest BCUT2D eigenvalue weighted by atomic mass is 16.5. The second-order valence-corrected chi connectivity index (χ2v) is 4.56. The zero-order chi connectivity index (χ0) is 15.9. The lowest BCUT2D eigenvalue weighted by molar-refractivity contribution is 0.102. The monoisotopic (exact) mass is 296 g/mol. The fourth-order valence-electron chi connectivity index (χ4n) is 2.03. The van der Waals surface area contributed by atoms with E-state index in [1.165, 1.54) is 7.11 Å². The van der Waals surface area contributed by atoms with Crippen LogP contribution in [0.4, 0.5) is 5.69 Å². The summed E-state index contributed by atoms with van der Waals surface area (Å²) in [5.74, 6) is 0.891. The Kier molecular flexibility index (Phi) is 4.99. The molecule has 22 heavy (non-hydrogen) atoms. The molecule has 5 nitrogen and oxygen atoms in total. The van der Waals surface area contributed by atoms with Gasteiger partial charge in [0.2, 0.25) is 0 Å². The van der Waals surface area contributed by atoms with Gasteiger partial charge < -0.3 is 14.8 Å². The first-order valence-corrected chi connectivity index (χ1v) is 6.67. The van der Waals surface area contributed by atoms with E-state index in [4.69, 9.17) is 14.7 Å². The molecule has 0 heterocycles. The van der Waals surface area contributed by atoms with Crippen molar-refractivity contribution in [2.45, 2.75) is 6.42 Å². The van der Waals surface area contributed by atoms with E-state index in [-0.39, 0.29) is 12.3 Å². The number of hydrogen-bond acceptors (Lipinski definition) is 4. The molecule has 0 atom stereocenters. The first-order chi connectivity index (χ1) is 10.7. The molecular formula is C17H16N2O3. The minimum atomic E-state index is -0.244. The molecule has 0 radical (unpaired) electrons. The topological polar surface area (TPSA) is 71.3 Å². The summed E-state index contributed by atoms with van der Waals surface area (Å²) in [6, 6.07) is 14.2. The van der Waals surface area contributed by atoms with E-state index in [9.17, 15) is 4.79 Å². The highest BCUT2D eigenvalue weighted by Crippen LogP contribution is 2.29. The number of methoxy groups -OCH3 is 2. The van der Waals surface area contributed by atoms with Gasteiger partial charge in [-0.3, -0.25) is 4.79 Å². The molecule has 0 aromatic heterocycles. The van der Waals surface area contributed by atoms with Crippen LogP contribution in [0.25, 0.3) is 0 Å². The van der Waals surface area contributed by atoms with Crippen LogP contribution in [0.3, 0.4) is 0 Å². The number of ether oxygens (including phenoxy) is 2. The molecule has 0 spiro atoms. The van der Waals surface area contributed by atoms with Gasteiger partial charge in [0, 0.05) is 17.3 Å². The minimum Gasteiger partial charge on any atom is -0.493 e. The van der Waals surface area contributed by atoms with E-state index in [1.807, 2.05) is 6.07 Å². The van der Waals surface area contributed by atoms with Gasteiger partial charge in [0.15, 0.2) is 11.5 Å². The summed E-state index contributed by atoms with van der Waals surface area (Å²) in [6.07, 6.45) is 0.275. The fraction of sp³-hybridized carbons (Fsp3) is 0.176. The number of nitrogens with one attached hydrogen (secondary N) is 1. The number of nitriles is 1. The Bertz CT molecular complexity index is 720. The quantitative estimate of drug-likeness (QED) is 0.920. The highest BCUT2D eigenvalue weighted by Gasteiger charge is 2.09. The van der Waals surface area contributed by atoms with Crippen LogP contribution in [0.1, 0.15) is 15.9 Å². The number of benzene rings is 2. The van der Waals surface area contributed by atoms with Gasteiger partial charge in [-0.05, 0) is 29.8 Å². The molecule has 2 aromatic carbocycles. The molecule has 0 saturated carbocycles. The normalized spacial score (nSPS) is 9.68. The largest absolute Gasteiger partial charge is 0.493 e. The van der Waals surface area contributed by atoms with Crippen LogP contribution in [-0.4, -0.2) is 20.1 Å². The van der Waals surface area contributed by atoms with Crippen molar-refractivity contribution < 1.29 is 14.3 Å². The first kappa shape index (κ1) is 15.4. The van der Waals surface area contributed by atoms with Gasteiger partial charge in [0.25, 0.3) is 5.91 Å². The molecule has 0 fully saturated rings. The maximum Gasteiger partial charge on any atom is 0.255 e. The van der Waals surface area contributed by atoms with Gasteiger partial charge in [-0.25, -0.2) is 0 Å². The predicted octanol–water partition coefficient (Wildman–Crippen LogP) is 3.02. The summed E-state index contributed by atoms with van der Waals surface area (Å²) in [5, 5.41) is 11.5. The predicted molar refractivity (Wildman–Crippen MR) is 83.3 cm³/mol. The maximum absolute atomic E-state index is 12.3. The average molecular weight is 296 g/mol. The first-order valence-electron chi connectivity index (χ1n) is 6.67. The summed E-state index contributed by atoms with van der Waals surface area (Å²) < 4.78 is 10.4. The van der Waals surface area contributed by atoms with Crippen molar-refractivity contribution in [3.05, 3.63) is 53.6 Å². The van der Waals surface area contributed by atoms with Crippen molar-refractivity contribution in [1.82, 2.24) is 0 Å². The van der Waals surface area contributed by atoms with Crippen molar-refractivity contribution in [3.63, 3.8) is 0 Å². The van der Waals surface area contributed by atoms with Gasteiger partial charge in [-0.2, -0.15) is 5.26 Å². The smallest absolute Gasteiger partial charge is 0.255 e. The molecule has 1 amide bonds. The second kappa shape index (κ2) is 7.14. The van der Waals surface area contributed by atoms with E-state index in [0.29, 0.717) is 22.7 Å². The van der Waals surface area contributed by atoms with Crippen LogP contribution < -0.4 is 14.8 Å². The Hall–Kier alpha value is -3.00. The number of nitrogens with zero attached hydrogens (tertiary/aromatic N) is 1. The molecule has 5 heteroatoms. The lowest BCUT2D eigenvalue weighted by Gasteiger charge is -2.11. The van der Waals surface area contributed by atoms with E-state index in [0.717, 1.165) is 5.56 Å². The number of amides is 1. The van der Waals surface area contributed by atoms with Crippen LogP contribution in [-0.2, 0) is 6.42 Å². The van der Waals surface area contributed by atoms with E-state index < -0.39 is 0 Å². The van der Waals surface area contributed by atoms with E-state index >= 15 is 0 Å². The number of carbonyl (C=O) groups excluding carboxylic acids is 1. The van der Waals surface area contributed by atoms with Gasteiger partial charge in [0.1, 0.15) is 0 Å². The van der Waals surface area contributed by atoms with Crippen molar-refractivity contribution in [1.29, 1.82) is 5.26 Å². The third kappa shape index (κ3) is 3.55. The van der Waals surface area contributed by atoms with Crippen molar-refractivity contribution in [2.24, 2.45) is 0 Å². The highest BCUT2D eigenvalue weighted by molar-refractivity contribution is 6.04. The molecule has 0 bridgehead atoms. The van der Waals surface area contributed by atoms with Crippen molar-refractivity contribution >= 4 is 11.6 Å². The van der Waals surface area contributed by atoms with Gasteiger partial charge >= 0.3 is 0 Å². The Morgan fingerprint density at radius 3 is 2.59 bits per heavy atom. The zero-order valence-electron chi connectivity index (χ0n) is 12.4. The minimum absolute atomic E-state index is 0.244. The summed E-state index contributed by atoms with van der Waals surface area (Å²) >= 11 is 0. The third-order valence-electron chi connectivity index (χ3n) is 3.11. The van der Waals surface area contributed by atoms with E-state index in [2.05, 4.69) is 11.4 Å². The maximum atomic E-state index is 12.3. The van der Waals surface area contributed by atoms with Gasteiger partial charge in [-0.1, -0.05) is 12.1 Å². The summed E-state index contributed by atoms with van der Waals surface area (Å²) in [4.78, 5) is 12.3. The van der Waals surface area contributed by atoms with Crippen molar-refractivity contribution in [3.8, 4) is 17.6 Å². The van der Waals surface area contributed by atoms with Crippen LogP contribution in [0.5, 0.6) is 11.5 Å². The molecule has 1 N–H and O–H groups in total. The summed E-state index contributed by atoms with van der Waals surface area (Å²) in [6.45, 7) is 0. The van der Waals surface area contributed by atoms with Gasteiger partial charge in [0.05, 0.1) is 26.7 Å². The van der Waals surface area contributed by atoms with Gasteiger partial charge in [-0.15, -0.1) is 0 Å². The molecule has 112 valence electrons. The number of rotatable bonds is 5. The number of hydrogen-bond donors (Lipinski definition) is 1. The lowest BCUT2D eigenvalue weighted by Crippen LogP contribution is -2.12. The Morgan fingerprint density at radius 2 is 1.91 bits per heavy atom.